The van der Waals surface area contributed by atoms with Gasteiger partial charge in [-0.2, -0.15) is 0 Å². The van der Waals surface area contributed by atoms with Crippen molar-refractivity contribution >= 4 is 0 Å². The van der Waals surface area contributed by atoms with Crippen LogP contribution in [0.1, 0.15) is 53.4 Å². The summed E-state index contributed by atoms with van der Waals surface area (Å²) in [5, 5.41) is 20.0. The van der Waals surface area contributed by atoms with E-state index in [-0.39, 0.29) is 17.4 Å². The van der Waals surface area contributed by atoms with Gasteiger partial charge in [0.05, 0.1) is 11.7 Å². The van der Waals surface area contributed by atoms with Crippen molar-refractivity contribution in [1.29, 1.82) is 0 Å². The van der Waals surface area contributed by atoms with E-state index < -0.39 is 5.60 Å². The topological polar surface area (TPSA) is 40.5 Å². The Morgan fingerprint density at radius 3 is 2.44 bits per heavy atom. The van der Waals surface area contributed by atoms with Crippen molar-refractivity contribution in [3.8, 4) is 0 Å². The second-order valence-electron chi connectivity index (χ2n) is 6.04. The Labute approximate surface area is 99.4 Å². The first-order chi connectivity index (χ1) is 7.29. The van der Waals surface area contributed by atoms with Crippen LogP contribution >= 0.6 is 0 Å². The molecule has 0 radical (unpaired) electrons. The van der Waals surface area contributed by atoms with Gasteiger partial charge in [0.15, 0.2) is 0 Å². The summed E-state index contributed by atoms with van der Waals surface area (Å²) in [7, 11) is 0. The molecule has 2 nitrogen and oxygen atoms in total. The van der Waals surface area contributed by atoms with E-state index in [1.54, 1.807) is 0 Å². The predicted molar refractivity (Wildman–Crippen MR) is 67.2 cm³/mol. The van der Waals surface area contributed by atoms with Crippen LogP contribution in [-0.2, 0) is 0 Å². The molecule has 0 aromatic rings. The van der Waals surface area contributed by atoms with Crippen molar-refractivity contribution in [3.05, 3.63) is 12.2 Å². The zero-order valence-electron chi connectivity index (χ0n) is 11.0. The van der Waals surface area contributed by atoms with Crippen molar-refractivity contribution in [3.63, 3.8) is 0 Å². The van der Waals surface area contributed by atoms with E-state index in [1.165, 1.54) is 0 Å². The van der Waals surface area contributed by atoms with Gasteiger partial charge < -0.3 is 10.2 Å². The molecular formula is C14H26O2. The molecule has 1 saturated carbocycles. The Morgan fingerprint density at radius 2 is 1.94 bits per heavy atom. The Hall–Kier alpha value is -0.340. The van der Waals surface area contributed by atoms with E-state index in [4.69, 9.17) is 0 Å². The predicted octanol–water partition coefficient (Wildman–Crippen LogP) is 2.89. The average molecular weight is 226 g/mol. The molecule has 1 fully saturated rings. The van der Waals surface area contributed by atoms with Gasteiger partial charge in [-0.05, 0) is 31.6 Å². The fraction of sp³-hybridized carbons (Fsp3) is 0.857. The minimum Gasteiger partial charge on any atom is -0.390 e. The van der Waals surface area contributed by atoms with Crippen LogP contribution in [0.25, 0.3) is 0 Å². The molecule has 1 rings (SSSR count). The lowest BCUT2D eigenvalue weighted by Crippen LogP contribution is -2.46. The number of hydrogen-bond acceptors (Lipinski definition) is 2. The van der Waals surface area contributed by atoms with Crippen LogP contribution in [0.15, 0.2) is 12.2 Å². The zero-order chi connectivity index (χ0) is 12.4. The fourth-order valence-corrected chi connectivity index (χ4v) is 2.90. The highest BCUT2D eigenvalue weighted by Crippen LogP contribution is 2.46. The van der Waals surface area contributed by atoms with Crippen molar-refractivity contribution in [1.82, 2.24) is 0 Å². The molecule has 2 heteroatoms. The Morgan fingerprint density at radius 1 is 1.31 bits per heavy atom. The molecular weight excluding hydrogens is 200 g/mol. The zero-order valence-corrected chi connectivity index (χ0v) is 11.0. The minimum atomic E-state index is -0.633. The van der Waals surface area contributed by atoms with Crippen LogP contribution < -0.4 is 0 Å². The van der Waals surface area contributed by atoms with E-state index >= 15 is 0 Å². The maximum atomic E-state index is 10.4. The quantitative estimate of drug-likeness (QED) is 0.726. The van der Waals surface area contributed by atoms with Crippen molar-refractivity contribution < 1.29 is 10.2 Å². The van der Waals surface area contributed by atoms with Crippen molar-refractivity contribution in [2.45, 2.75) is 65.1 Å². The molecule has 0 spiro atoms. The van der Waals surface area contributed by atoms with Gasteiger partial charge >= 0.3 is 0 Å². The molecule has 0 aliphatic heterocycles. The van der Waals surface area contributed by atoms with E-state index in [2.05, 4.69) is 13.8 Å². The highest BCUT2D eigenvalue weighted by Gasteiger charge is 2.43. The monoisotopic (exact) mass is 226 g/mol. The summed E-state index contributed by atoms with van der Waals surface area (Å²) in [4.78, 5) is 0. The van der Waals surface area contributed by atoms with E-state index in [1.807, 2.05) is 26.0 Å². The van der Waals surface area contributed by atoms with Gasteiger partial charge in [0.2, 0.25) is 0 Å². The van der Waals surface area contributed by atoms with Gasteiger partial charge in [-0.15, -0.1) is 0 Å². The highest BCUT2D eigenvalue weighted by atomic mass is 16.3. The first-order valence-corrected chi connectivity index (χ1v) is 6.38. The lowest BCUT2D eigenvalue weighted by molar-refractivity contribution is -0.0664. The molecule has 0 amide bonds. The number of rotatable bonds is 3. The van der Waals surface area contributed by atoms with Crippen LogP contribution in [0.3, 0.4) is 0 Å². The number of aliphatic hydroxyl groups excluding tert-OH is 1. The van der Waals surface area contributed by atoms with Gasteiger partial charge in [0, 0.05) is 5.92 Å². The molecule has 3 unspecified atom stereocenters. The van der Waals surface area contributed by atoms with Crippen LogP contribution in [0.4, 0.5) is 0 Å². The summed E-state index contributed by atoms with van der Waals surface area (Å²) in [5.74, 6) is 0.134. The summed E-state index contributed by atoms with van der Waals surface area (Å²) in [6.45, 7) is 8.28. The molecule has 3 atom stereocenters. The van der Waals surface area contributed by atoms with Gasteiger partial charge in [-0.3, -0.25) is 0 Å². The maximum absolute atomic E-state index is 10.4. The molecule has 0 saturated heterocycles. The average Bonchev–Trinajstić information content (AvgIpc) is 2.14. The summed E-state index contributed by atoms with van der Waals surface area (Å²) in [6.07, 6.45) is 7.29. The molecule has 0 bridgehead atoms. The van der Waals surface area contributed by atoms with Gasteiger partial charge in [-0.25, -0.2) is 0 Å². The second kappa shape index (κ2) is 4.89. The van der Waals surface area contributed by atoms with Gasteiger partial charge in [0.1, 0.15) is 0 Å². The lowest BCUT2D eigenvalue weighted by atomic mass is 9.62. The van der Waals surface area contributed by atoms with Gasteiger partial charge in [-0.1, -0.05) is 39.3 Å². The Kier molecular flexibility index (Phi) is 4.19. The first-order valence-electron chi connectivity index (χ1n) is 6.38. The lowest BCUT2D eigenvalue weighted by Gasteiger charge is -2.46. The molecule has 94 valence electrons. The first kappa shape index (κ1) is 13.7. The summed E-state index contributed by atoms with van der Waals surface area (Å²) in [6, 6.07) is 0. The third kappa shape index (κ3) is 3.08. The normalized spacial score (nSPS) is 36.5. The van der Waals surface area contributed by atoms with Crippen LogP contribution in [-0.4, -0.2) is 21.9 Å². The Balaban J connectivity index is 2.83. The highest BCUT2D eigenvalue weighted by molar-refractivity contribution is 5.07. The maximum Gasteiger partial charge on any atom is 0.0718 e. The largest absolute Gasteiger partial charge is 0.390 e. The van der Waals surface area contributed by atoms with Crippen LogP contribution in [0, 0.1) is 11.3 Å². The molecule has 0 heterocycles. The summed E-state index contributed by atoms with van der Waals surface area (Å²) < 4.78 is 0. The van der Waals surface area contributed by atoms with E-state index in [0.29, 0.717) is 0 Å². The SMILES string of the molecule is CCC(O)C=CC1C(C)(C)CCCC1(C)O. The number of aliphatic hydroxyl groups is 2. The van der Waals surface area contributed by atoms with Crippen LogP contribution in [0.5, 0.6) is 0 Å². The molecule has 1 aliphatic carbocycles. The second-order valence-corrected chi connectivity index (χ2v) is 6.04. The summed E-state index contributed by atoms with van der Waals surface area (Å²) >= 11 is 0. The van der Waals surface area contributed by atoms with E-state index in [0.717, 1.165) is 25.7 Å². The third-order valence-corrected chi connectivity index (χ3v) is 3.96. The minimum absolute atomic E-state index is 0.117. The fourth-order valence-electron chi connectivity index (χ4n) is 2.90. The Bertz CT molecular complexity index is 237. The molecule has 0 aromatic carbocycles. The molecule has 16 heavy (non-hydrogen) atoms. The third-order valence-electron chi connectivity index (χ3n) is 3.96. The van der Waals surface area contributed by atoms with Crippen molar-refractivity contribution in [2.24, 2.45) is 11.3 Å². The van der Waals surface area contributed by atoms with Crippen molar-refractivity contribution in [2.75, 3.05) is 0 Å². The molecule has 1 aliphatic rings. The summed E-state index contributed by atoms with van der Waals surface area (Å²) in [5.41, 5.74) is -0.516. The van der Waals surface area contributed by atoms with Gasteiger partial charge in [0.25, 0.3) is 0 Å². The van der Waals surface area contributed by atoms with E-state index in [9.17, 15) is 10.2 Å². The molecule has 0 aromatic heterocycles. The standard InChI is InChI=1S/C14H26O2/c1-5-11(15)7-8-12-13(2,3)9-6-10-14(12,4)16/h7-8,11-12,15-16H,5-6,9-10H2,1-4H3. The van der Waals surface area contributed by atoms with Crippen LogP contribution in [0.2, 0.25) is 0 Å². The number of hydrogen-bond donors (Lipinski definition) is 2. The molecule has 2 N–H and O–H groups in total. The smallest absolute Gasteiger partial charge is 0.0718 e.